The molecule has 216 valence electrons. The number of carbonyl (C=O) groups is 1. The Kier molecular flexibility index (Phi) is 10.6. The number of hydrogen-bond acceptors (Lipinski definition) is 6. The number of benzene rings is 3. The van der Waals surface area contributed by atoms with Gasteiger partial charge in [0.1, 0.15) is 10.7 Å². The summed E-state index contributed by atoms with van der Waals surface area (Å²) in [4.78, 5) is 19.8. The highest BCUT2D eigenvalue weighted by molar-refractivity contribution is 7.09. The van der Waals surface area contributed by atoms with Crippen molar-refractivity contribution in [2.75, 3.05) is 27.3 Å². The van der Waals surface area contributed by atoms with Gasteiger partial charge in [-0.3, -0.25) is 9.69 Å². The Morgan fingerprint density at radius 2 is 1.56 bits per heavy atom. The summed E-state index contributed by atoms with van der Waals surface area (Å²) < 4.78 is 10.9. The second kappa shape index (κ2) is 14.3. The highest BCUT2D eigenvalue weighted by Crippen LogP contribution is 2.28. The Hall–Kier alpha value is -3.68. The van der Waals surface area contributed by atoms with Gasteiger partial charge in [0, 0.05) is 25.0 Å². The SMILES string of the molecule is COc1ccc(CCN(Cc2ccc(C(C)(C)C)cc2)Cc2nc(C(=O)NCCc3ccccc3)cs2)cc1OC. The largest absolute Gasteiger partial charge is 0.493 e. The third-order valence-electron chi connectivity index (χ3n) is 7.08. The molecule has 4 aromatic rings. The molecule has 0 aliphatic carbocycles. The molecule has 0 saturated carbocycles. The summed E-state index contributed by atoms with van der Waals surface area (Å²) in [6, 6.07) is 25.1. The van der Waals surface area contributed by atoms with Crippen LogP contribution in [-0.4, -0.2) is 43.1 Å². The summed E-state index contributed by atoms with van der Waals surface area (Å²) in [5.74, 6) is 1.33. The van der Waals surface area contributed by atoms with Crippen LogP contribution in [0, 0.1) is 0 Å². The average molecular weight is 572 g/mol. The van der Waals surface area contributed by atoms with Crippen LogP contribution >= 0.6 is 11.3 Å². The lowest BCUT2D eigenvalue weighted by Gasteiger charge is -2.23. The zero-order valence-corrected chi connectivity index (χ0v) is 25.6. The first kappa shape index (κ1) is 30.3. The van der Waals surface area contributed by atoms with Crippen molar-refractivity contribution in [3.8, 4) is 11.5 Å². The second-order valence-corrected chi connectivity index (χ2v) is 12.2. The number of methoxy groups -OCH3 is 2. The third kappa shape index (κ3) is 8.90. The molecule has 0 saturated heterocycles. The Morgan fingerprint density at radius 1 is 0.854 bits per heavy atom. The standard InChI is InChI=1S/C34H41N3O3S/c1-34(2,3)28-14-11-27(12-15-28)22-37(20-18-26-13-16-30(39-4)31(21-26)40-5)23-32-36-29(24-41-32)33(38)35-19-17-25-9-7-6-8-10-25/h6-16,21,24H,17-20,22-23H2,1-5H3,(H,35,38). The van der Waals surface area contributed by atoms with Gasteiger partial charge in [-0.05, 0) is 52.6 Å². The lowest BCUT2D eigenvalue weighted by molar-refractivity contribution is 0.0949. The summed E-state index contributed by atoms with van der Waals surface area (Å²) in [5.41, 5.74) is 5.54. The first-order valence-electron chi connectivity index (χ1n) is 14.0. The number of ether oxygens (including phenoxy) is 2. The Balaban J connectivity index is 1.43. The van der Waals surface area contributed by atoms with Gasteiger partial charge in [0.25, 0.3) is 5.91 Å². The van der Waals surface area contributed by atoms with Crippen molar-refractivity contribution in [1.82, 2.24) is 15.2 Å². The molecule has 0 aliphatic heterocycles. The molecule has 4 rings (SSSR count). The molecule has 1 N–H and O–H groups in total. The van der Waals surface area contributed by atoms with Crippen LogP contribution < -0.4 is 14.8 Å². The maximum absolute atomic E-state index is 12.8. The van der Waals surface area contributed by atoms with Crippen LogP contribution in [0.1, 0.15) is 58.5 Å². The van der Waals surface area contributed by atoms with Crippen LogP contribution in [0.15, 0.2) is 78.2 Å². The van der Waals surface area contributed by atoms with Crippen molar-refractivity contribution in [2.45, 2.75) is 52.1 Å². The van der Waals surface area contributed by atoms with E-state index in [0.717, 1.165) is 42.4 Å². The molecule has 3 aromatic carbocycles. The minimum Gasteiger partial charge on any atom is -0.493 e. The zero-order chi connectivity index (χ0) is 29.2. The van der Waals surface area contributed by atoms with E-state index >= 15 is 0 Å². The number of thiazole rings is 1. The zero-order valence-electron chi connectivity index (χ0n) is 24.8. The maximum Gasteiger partial charge on any atom is 0.270 e. The average Bonchev–Trinajstić information content (AvgIpc) is 3.44. The molecule has 0 aliphatic rings. The van der Waals surface area contributed by atoms with Gasteiger partial charge in [0.15, 0.2) is 11.5 Å². The molecule has 6 nitrogen and oxygen atoms in total. The van der Waals surface area contributed by atoms with Gasteiger partial charge in [-0.1, -0.05) is 81.4 Å². The Morgan fingerprint density at radius 3 is 2.24 bits per heavy atom. The van der Waals surface area contributed by atoms with Crippen LogP contribution in [0.25, 0.3) is 0 Å². The summed E-state index contributed by atoms with van der Waals surface area (Å²) in [6.45, 7) is 9.55. The van der Waals surface area contributed by atoms with Crippen molar-refractivity contribution in [3.63, 3.8) is 0 Å². The number of hydrogen-bond donors (Lipinski definition) is 1. The molecule has 0 bridgehead atoms. The minimum atomic E-state index is -0.127. The number of aromatic nitrogens is 1. The number of carbonyl (C=O) groups excluding carboxylic acids is 1. The van der Waals surface area contributed by atoms with E-state index < -0.39 is 0 Å². The van der Waals surface area contributed by atoms with Gasteiger partial charge >= 0.3 is 0 Å². The number of nitrogens with zero attached hydrogens (tertiary/aromatic N) is 2. The highest BCUT2D eigenvalue weighted by Gasteiger charge is 2.16. The smallest absolute Gasteiger partial charge is 0.270 e. The fourth-order valence-electron chi connectivity index (χ4n) is 4.64. The van der Waals surface area contributed by atoms with Crippen LogP contribution in [0.4, 0.5) is 0 Å². The fourth-order valence-corrected chi connectivity index (χ4v) is 5.46. The van der Waals surface area contributed by atoms with E-state index in [1.807, 2.05) is 35.7 Å². The van der Waals surface area contributed by atoms with Crippen molar-refractivity contribution < 1.29 is 14.3 Å². The molecule has 0 unspecified atom stereocenters. The topological polar surface area (TPSA) is 63.7 Å². The quantitative estimate of drug-likeness (QED) is 0.194. The van der Waals surface area contributed by atoms with Gasteiger partial charge in [-0.15, -0.1) is 11.3 Å². The van der Waals surface area contributed by atoms with E-state index in [1.165, 1.54) is 33.6 Å². The third-order valence-corrected chi connectivity index (χ3v) is 7.91. The summed E-state index contributed by atoms with van der Waals surface area (Å²) in [6.07, 6.45) is 1.64. The lowest BCUT2D eigenvalue weighted by atomic mass is 9.87. The molecular formula is C34H41N3O3S. The normalized spacial score (nSPS) is 11.5. The number of rotatable bonds is 13. The maximum atomic E-state index is 12.8. The molecular weight excluding hydrogens is 530 g/mol. The van der Waals surface area contributed by atoms with E-state index in [4.69, 9.17) is 14.5 Å². The Bertz CT molecular complexity index is 1390. The second-order valence-electron chi connectivity index (χ2n) is 11.2. The van der Waals surface area contributed by atoms with Crippen LogP contribution in [-0.2, 0) is 31.3 Å². The predicted molar refractivity (Wildman–Crippen MR) is 167 cm³/mol. The van der Waals surface area contributed by atoms with Gasteiger partial charge in [-0.25, -0.2) is 4.98 Å². The van der Waals surface area contributed by atoms with Crippen molar-refractivity contribution in [3.05, 3.63) is 111 Å². The van der Waals surface area contributed by atoms with Gasteiger partial charge in [-0.2, -0.15) is 0 Å². The molecule has 1 amide bonds. The summed E-state index contributed by atoms with van der Waals surface area (Å²) >= 11 is 1.53. The minimum absolute atomic E-state index is 0.116. The molecule has 0 fully saturated rings. The monoisotopic (exact) mass is 571 g/mol. The van der Waals surface area contributed by atoms with Crippen molar-refractivity contribution >= 4 is 17.2 Å². The molecule has 0 atom stereocenters. The van der Waals surface area contributed by atoms with E-state index in [9.17, 15) is 4.79 Å². The molecule has 0 spiro atoms. The van der Waals surface area contributed by atoms with E-state index in [-0.39, 0.29) is 11.3 Å². The predicted octanol–water partition coefficient (Wildman–Crippen LogP) is 6.68. The van der Waals surface area contributed by atoms with Crippen LogP contribution in [0.3, 0.4) is 0 Å². The lowest BCUT2D eigenvalue weighted by Crippen LogP contribution is -2.27. The number of nitrogens with one attached hydrogen (secondary N) is 1. The van der Waals surface area contributed by atoms with Crippen LogP contribution in [0.5, 0.6) is 11.5 Å². The first-order chi connectivity index (χ1) is 19.7. The van der Waals surface area contributed by atoms with Crippen molar-refractivity contribution in [2.24, 2.45) is 0 Å². The molecule has 0 radical (unpaired) electrons. The van der Waals surface area contributed by atoms with E-state index in [2.05, 4.69) is 73.5 Å². The van der Waals surface area contributed by atoms with Crippen molar-refractivity contribution in [1.29, 1.82) is 0 Å². The number of amides is 1. The molecule has 1 heterocycles. The first-order valence-corrected chi connectivity index (χ1v) is 14.9. The van der Waals surface area contributed by atoms with E-state index in [1.54, 1.807) is 14.2 Å². The van der Waals surface area contributed by atoms with E-state index in [0.29, 0.717) is 18.8 Å². The molecule has 7 heteroatoms. The summed E-state index contributed by atoms with van der Waals surface area (Å²) in [5, 5.41) is 5.79. The summed E-state index contributed by atoms with van der Waals surface area (Å²) in [7, 11) is 3.31. The molecule has 1 aromatic heterocycles. The molecule has 41 heavy (non-hydrogen) atoms. The van der Waals surface area contributed by atoms with Gasteiger partial charge < -0.3 is 14.8 Å². The Labute approximate surface area is 248 Å². The fraction of sp³-hybridized carbons (Fsp3) is 0.353. The van der Waals surface area contributed by atoms with Gasteiger partial charge in [0.2, 0.25) is 0 Å². The van der Waals surface area contributed by atoms with Gasteiger partial charge in [0.05, 0.1) is 20.8 Å². The highest BCUT2D eigenvalue weighted by atomic mass is 32.1. The van der Waals surface area contributed by atoms with Crippen LogP contribution in [0.2, 0.25) is 0 Å².